The van der Waals surface area contributed by atoms with E-state index < -0.39 is 0 Å². The quantitative estimate of drug-likeness (QED) is 0.425. The van der Waals surface area contributed by atoms with Crippen LogP contribution in [0.4, 0.5) is 0 Å². The van der Waals surface area contributed by atoms with Crippen LogP contribution in [0.25, 0.3) is 16.9 Å². The summed E-state index contributed by atoms with van der Waals surface area (Å²) >= 11 is 0. The minimum atomic E-state index is -0.203. The summed E-state index contributed by atoms with van der Waals surface area (Å²) in [4.78, 5) is 13.2. The van der Waals surface area contributed by atoms with Gasteiger partial charge in [-0.2, -0.15) is 5.10 Å². The molecule has 1 N–H and O–H groups in total. The summed E-state index contributed by atoms with van der Waals surface area (Å²) in [5.41, 5.74) is 5.32. The Labute approximate surface area is 200 Å². The van der Waals surface area contributed by atoms with Gasteiger partial charge in [0.25, 0.3) is 5.91 Å². The molecule has 1 amide bonds. The Bertz CT molecular complexity index is 1280. The molecule has 6 heteroatoms. The Kier molecular flexibility index (Phi) is 5.82. The molecule has 1 aliphatic carbocycles. The van der Waals surface area contributed by atoms with E-state index in [1.54, 1.807) is 0 Å². The van der Waals surface area contributed by atoms with Crippen molar-refractivity contribution in [1.29, 1.82) is 0 Å². The first-order valence-electron chi connectivity index (χ1n) is 11.8. The molecule has 6 nitrogen and oxygen atoms in total. The number of benzene rings is 2. The second-order valence-corrected chi connectivity index (χ2v) is 10.1. The Hall–Kier alpha value is -3.67. The molecule has 0 aliphatic heterocycles. The van der Waals surface area contributed by atoms with Crippen LogP contribution < -0.4 is 5.32 Å². The molecular weight excluding hydrogens is 424 g/mol. The van der Waals surface area contributed by atoms with Gasteiger partial charge in [-0.05, 0) is 36.3 Å². The van der Waals surface area contributed by atoms with Crippen molar-refractivity contribution in [2.45, 2.75) is 46.6 Å². The number of hydrogen-bond donors (Lipinski definition) is 1. The van der Waals surface area contributed by atoms with Crippen LogP contribution in [0.5, 0.6) is 0 Å². The first-order chi connectivity index (χ1) is 16.4. The summed E-state index contributed by atoms with van der Waals surface area (Å²) in [7, 11) is 0. The van der Waals surface area contributed by atoms with E-state index >= 15 is 0 Å². The summed E-state index contributed by atoms with van der Waals surface area (Å²) in [5, 5.41) is 12.0. The fourth-order valence-corrected chi connectivity index (χ4v) is 4.67. The van der Waals surface area contributed by atoms with Gasteiger partial charge in [0.2, 0.25) is 0 Å². The van der Waals surface area contributed by atoms with Crippen molar-refractivity contribution in [2.75, 3.05) is 0 Å². The maximum absolute atomic E-state index is 13.2. The van der Waals surface area contributed by atoms with E-state index in [9.17, 15) is 4.79 Å². The lowest BCUT2D eigenvalue weighted by Gasteiger charge is -2.33. The molecule has 0 radical (unpaired) electrons. The molecule has 0 saturated carbocycles. The van der Waals surface area contributed by atoms with Crippen molar-refractivity contribution < 1.29 is 9.32 Å². The normalized spacial score (nSPS) is 15.7. The number of nitrogens with one attached hydrogen (secondary N) is 1. The van der Waals surface area contributed by atoms with Gasteiger partial charge in [-0.3, -0.25) is 4.79 Å². The number of aromatic nitrogens is 3. The Morgan fingerprint density at radius 1 is 1.09 bits per heavy atom. The fourth-order valence-electron chi connectivity index (χ4n) is 4.67. The van der Waals surface area contributed by atoms with Crippen LogP contribution in [0.15, 0.2) is 71.4 Å². The van der Waals surface area contributed by atoms with Gasteiger partial charge in [0, 0.05) is 35.9 Å². The van der Waals surface area contributed by atoms with Crippen molar-refractivity contribution in [3.8, 4) is 16.9 Å². The average molecular weight is 455 g/mol. The smallest absolute Gasteiger partial charge is 0.274 e. The monoisotopic (exact) mass is 454 g/mol. The molecule has 2 aromatic heterocycles. The molecule has 174 valence electrons. The predicted octanol–water partition coefficient (Wildman–Crippen LogP) is 5.61. The summed E-state index contributed by atoms with van der Waals surface area (Å²) in [5.74, 6) is 1.15. The molecule has 5 rings (SSSR count). The largest absolute Gasteiger partial charge is 0.360 e. The molecule has 1 atom stereocenters. The van der Waals surface area contributed by atoms with Gasteiger partial charge in [0.05, 0.1) is 11.4 Å². The zero-order valence-corrected chi connectivity index (χ0v) is 19.9. The Morgan fingerprint density at radius 2 is 1.79 bits per heavy atom. The number of carbonyl (C=O) groups is 1. The highest BCUT2D eigenvalue weighted by molar-refractivity contribution is 5.94. The maximum Gasteiger partial charge on any atom is 0.274 e. The van der Waals surface area contributed by atoms with E-state index in [1.165, 1.54) is 0 Å². The minimum absolute atomic E-state index is 0.180. The molecule has 0 spiro atoms. The molecule has 2 heterocycles. The second-order valence-electron chi connectivity index (χ2n) is 10.1. The summed E-state index contributed by atoms with van der Waals surface area (Å²) in [6.45, 7) is 7.11. The van der Waals surface area contributed by atoms with E-state index in [1.807, 2.05) is 71.5 Å². The molecule has 0 saturated heterocycles. The van der Waals surface area contributed by atoms with Gasteiger partial charge in [-0.1, -0.05) is 74.5 Å². The number of amides is 1. The molecule has 34 heavy (non-hydrogen) atoms. The second kappa shape index (κ2) is 8.93. The van der Waals surface area contributed by atoms with Crippen molar-refractivity contribution in [3.63, 3.8) is 0 Å². The third kappa shape index (κ3) is 4.40. The minimum Gasteiger partial charge on any atom is -0.360 e. The lowest BCUT2D eigenvalue weighted by molar-refractivity contribution is 0.0940. The van der Waals surface area contributed by atoms with Gasteiger partial charge in [-0.15, -0.1) is 0 Å². The van der Waals surface area contributed by atoms with Gasteiger partial charge < -0.3 is 9.84 Å². The van der Waals surface area contributed by atoms with Crippen LogP contribution in [-0.4, -0.2) is 20.8 Å². The van der Waals surface area contributed by atoms with Crippen molar-refractivity contribution in [1.82, 2.24) is 20.3 Å². The fraction of sp³-hybridized carbons (Fsp3) is 0.321. The van der Waals surface area contributed by atoms with E-state index in [4.69, 9.17) is 9.62 Å². The third-order valence-corrected chi connectivity index (χ3v) is 6.78. The predicted molar refractivity (Wildman–Crippen MR) is 132 cm³/mol. The van der Waals surface area contributed by atoms with E-state index in [-0.39, 0.29) is 11.3 Å². The standard InChI is InChI=1S/C28H30N4O2/c1-28(2,3)21-14-15-24-23(16-21)26(31-34-24)27(33)29-17-20-18-32(22-12-8-5-9-13-22)30-25(20)19-10-6-4-7-11-19/h4-13,18,21H,14-17H2,1-3H3,(H,29,33). The van der Waals surface area contributed by atoms with Crippen LogP contribution in [0, 0.1) is 11.3 Å². The zero-order valence-electron chi connectivity index (χ0n) is 19.9. The summed E-state index contributed by atoms with van der Waals surface area (Å²) in [6.07, 6.45) is 4.70. The van der Waals surface area contributed by atoms with Crippen LogP contribution in [0.2, 0.25) is 0 Å². The van der Waals surface area contributed by atoms with Crippen LogP contribution >= 0.6 is 0 Å². The Balaban J connectivity index is 1.39. The summed E-state index contributed by atoms with van der Waals surface area (Å²) < 4.78 is 7.41. The molecule has 1 aliphatic rings. The highest BCUT2D eigenvalue weighted by atomic mass is 16.5. The highest BCUT2D eigenvalue weighted by Crippen LogP contribution is 2.38. The first-order valence-corrected chi connectivity index (χ1v) is 11.8. The van der Waals surface area contributed by atoms with E-state index in [2.05, 4.69) is 31.2 Å². The molecule has 2 aromatic carbocycles. The van der Waals surface area contributed by atoms with Crippen LogP contribution in [0.3, 0.4) is 0 Å². The van der Waals surface area contributed by atoms with Crippen LogP contribution in [-0.2, 0) is 19.4 Å². The molecule has 4 aromatic rings. The SMILES string of the molecule is CC(C)(C)C1CCc2onc(C(=O)NCc3cn(-c4ccccc4)nc3-c3ccccc3)c2C1. The van der Waals surface area contributed by atoms with Crippen molar-refractivity contribution >= 4 is 5.91 Å². The number of hydrogen-bond acceptors (Lipinski definition) is 4. The number of rotatable bonds is 5. The highest BCUT2D eigenvalue weighted by Gasteiger charge is 2.34. The van der Waals surface area contributed by atoms with Crippen molar-refractivity contribution in [2.24, 2.45) is 11.3 Å². The lowest BCUT2D eigenvalue weighted by atomic mass is 9.71. The Morgan fingerprint density at radius 3 is 2.50 bits per heavy atom. The van der Waals surface area contributed by atoms with Crippen molar-refractivity contribution in [3.05, 3.63) is 89.4 Å². The van der Waals surface area contributed by atoms with Gasteiger partial charge >= 0.3 is 0 Å². The van der Waals surface area contributed by atoms with E-state index in [0.29, 0.717) is 18.2 Å². The molecular formula is C28H30N4O2. The molecule has 1 unspecified atom stereocenters. The van der Waals surface area contributed by atoms with Gasteiger partial charge in [0.15, 0.2) is 5.69 Å². The zero-order chi connectivity index (χ0) is 23.7. The van der Waals surface area contributed by atoms with Crippen LogP contribution in [0.1, 0.15) is 54.6 Å². The maximum atomic E-state index is 13.2. The first kappa shape index (κ1) is 22.1. The molecule has 0 fully saturated rings. The lowest BCUT2D eigenvalue weighted by Crippen LogP contribution is -2.29. The molecule has 0 bridgehead atoms. The topological polar surface area (TPSA) is 73.0 Å². The third-order valence-electron chi connectivity index (χ3n) is 6.78. The number of nitrogens with zero attached hydrogens (tertiary/aromatic N) is 3. The van der Waals surface area contributed by atoms with Gasteiger partial charge in [0.1, 0.15) is 5.76 Å². The number of carbonyl (C=O) groups excluding carboxylic acids is 1. The average Bonchev–Trinajstić information content (AvgIpc) is 3.47. The summed E-state index contributed by atoms with van der Waals surface area (Å²) in [6, 6.07) is 20.0. The number of aryl methyl sites for hydroxylation is 1. The number of para-hydroxylation sites is 1. The number of fused-ring (bicyclic) bond motifs is 1. The van der Waals surface area contributed by atoms with E-state index in [0.717, 1.165) is 53.1 Å². The van der Waals surface area contributed by atoms with Gasteiger partial charge in [-0.25, -0.2) is 4.68 Å².